The summed E-state index contributed by atoms with van der Waals surface area (Å²) in [6, 6.07) is 14.4. The second kappa shape index (κ2) is 9.69. The third-order valence-corrected chi connectivity index (χ3v) is 8.42. The van der Waals surface area contributed by atoms with E-state index in [2.05, 4.69) is 22.5 Å². The molecule has 0 unspecified atom stereocenters. The van der Waals surface area contributed by atoms with Crippen LogP contribution in [0, 0.1) is 6.92 Å². The molecule has 1 aliphatic heterocycles. The van der Waals surface area contributed by atoms with Crippen molar-refractivity contribution in [2.45, 2.75) is 70.4 Å². The molecule has 188 valence electrons. The van der Waals surface area contributed by atoms with E-state index in [0.717, 1.165) is 54.0 Å². The van der Waals surface area contributed by atoms with Crippen molar-refractivity contribution in [2.24, 2.45) is 7.05 Å². The minimum atomic E-state index is 0.0905. The van der Waals surface area contributed by atoms with Gasteiger partial charge in [-0.25, -0.2) is 14.6 Å². The van der Waals surface area contributed by atoms with Crippen molar-refractivity contribution in [3.05, 3.63) is 76.1 Å². The fourth-order valence-electron chi connectivity index (χ4n) is 6.32. The lowest BCUT2D eigenvalue weighted by molar-refractivity contribution is 0.177. The van der Waals surface area contributed by atoms with Crippen molar-refractivity contribution < 1.29 is 0 Å². The van der Waals surface area contributed by atoms with E-state index in [1.165, 1.54) is 37.9 Å². The third kappa shape index (κ3) is 4.09. The molecule has 7 nitrogen and oxygen atoms in total. The molecule has 0 amide bonds. The van der Waals surface area contributed by atoms with Gasteiger partial charge in [-0.05, 0) is 56.9 Å². The Morgan fingerprint density at radius 3 is 2.44 bits per heavy atom. The highest BCUT2D eigenvalue weighted by Crippen LogP contribution is 2.37. The van der Waals surface area contributed by atoms with Crippen LogP contribution in [0.5, 0.6) is 0 Å². The van der Waals surface area contributed by atoms with E-state index in [9.17, 15) is 4.79 Å². The Bertz CT molecular complexity index is 1400. The SMILES string of the molecule is Cc1c(CN2CCC(n3c(C4CCCCC4)nc4cccnc43)CC2)c(=O)n(-c2ccccc2)n1C. The Balaban J connectivity index is 1.22. The fourth-order valence-corrected chi connectivity index (χ4v) is 6.32. The van der Waals surface area contributed by atoms with E-state index in [1.54, 1.807) is 4.68 Å². The van der Waals surface area contributed by atoms with E-state index in [-0.39, 0.29) is 5.56 Å². The van der Waals surface area contributed by atoms with Crippen LogP contribution < -0.4 is 5.56 Å². The summed E-state index contributed by atoms with van der Waals surface area (Å²) in [5.41, 5.74) is 5.01. The van der Waals surface area contributed by atoms with Gasteiger partial charge in [0.05, 0.1) is 11.3 Å². The molecule has 3 aromatic heterocycles. The van der Waals surface area contributed by atoms with E-state index >= 15 is 0 Å². The zero-order valence-corrected chi connectivity index (χ0v) is 21.4. The van der Waals surface area contributed by atoms with Crippen LogP contribution in [-0.4, -0.2) is 41.9 Å². The predicted octanol–water partition coefficient (Wildman–Crippen LogP) is 5.11. The highest BCUT2D eigenvalue weighted by Gasteiger charge is 2.30. The highest BCUT2D eigenvalue weighted by molar-refractivity contribution is 5.71. The maximum atomic E-state index is 13.4. The number of para-hydroxylation sites is 1. The molecular weight excluding hydrogens is 448 g/mol. The van der Waals surface area contributed by atoms with Crippen molar-refractivity contribution in [2.75, 3.05) is 13.1 Å². The molecule has 7 heteroatoms. The molecule has 1 aromatic carbocycles. The molecule has 6 rings (SSSR count). The van der Waals surface area contributed by atoms with Crippen LogP contribution in [0.3, 0.4) is 0 Å². The van der Waals surface area contributed by atoms with Gasteiger partial charge in [0.1, 0.15) is 11.3 Å². The van der Waals surface area contributed by atoms with Crippen LogP contribution in [0.15, 0.2) is 53.5 Å². The molecule has 36 heavy (non-hydrogen) atoms. The summed E-state index contributed by atoms with van der Waals surface area (Å²) in [6.07, 6.45) is 10.4. The number of hydrogen-bond donors (Lipinski definition) is 0. The largest absolute Gasteiger partial charge is 0.309 e. The molecule has 0 atom stereocenters. The first-order chi connectivity index (χ1) is 17.6. The number of rotatable bonds is 5. The van der Waals surface area contributed by atoms with Gasteiger partial charge in [0.15, 0.2) is 5.65 Å². The van der Waals surface area contributed by atoms with E-state index < -0.39 is 0 Å². The van der Waals surface area contributed by atoms with Gasteiger partial charge in [-0.15, -0.1) is 0 Å². The van der Waals surface area contributed by atoms with Crippen LogP contribution in [0.1, 0.15) is 74.0 Å². The van der Waals surface area contributed by atoms with Crippen molar-refractivity contribution in [1.29, 1.82) is 0 Å². The first-order valence-corrected chi connectivity index (χ1v) is 13.5. The minimum absolute atomic E-state index is 0.0905. The van der Waals surface area contributed by atoms with Gasteiger partial charge in [-0.3, -0.25) is 14.4 Å². The first-order valence-electron chi connectivity index (χ1n) is 13.5. The quantitative estimate of drug-likeness (QED) is 0.395. The van der Waals surface area contributed by atoms with Gasteiger partial charge >= 0.3 is 0 Å². The Morgan fingerprint density at radius 2 is 1.69 bits per heavy atom. The smallest absolute Gasteiger partial charge is 0.276 e. The maximum Gasteiger partial charge on any atom is 0.276 e. The van der Waals surface area contributed by atoms with Gasteiger partial charge in [-0.1, -0.05) is 37.5 Å². The van der Waals surface area contributed by atoms with Crippen molar-refractivity contribution in [3.8, 4) is 5.69 Å². The van der Waals surface area contributed by atoms with Gasteiger partial charge in [0.2, 0.25) is 0 Å². The number of likely N-dealkylation sites (tertiary alicyclic amines) is 1. The predicted molar refractivity (Wildman–Crippen MR) is 143 cm³/mol. The summed E-state index contributed by atoms with van der Waals surface area (Å²) in [5, 5.41) is 0. The van der Waals surface area contributed by atoms with Crippen molar-refractivity contribution >= 4 is 11.2 Å². The second-order valence-corrected chi connectivity index (χ2v) is 10.6. The molecule has 0 bridgehead atoms. The lowest BCUT2D eigenvalue weighted by atomic mass is 9.88. The average Bonchev–Trinajstić information content (AvgIpc) is 3.41. The van der Waals surface area contributed by atoms with Crippen molar-refractivity contribution in [3.63, 3.8) is 0 Å². The number of benzene rings is 1. The second-order valence-electron chi connectivity index (χ2n) is 10.6. The first kappa shape index (κ1) is 23.2. The summed E-state index contributed by atoms with van der Waals surface area (Å²) in [6.45, 7) is 4.70. The molecule has 2 fully saturated rings. The number of imidazole rings is 1. The molecule has 0 N–H and O–H groups in total. The Kier molecular flexibility index (Phi) is 6.25. The number of pyridine rings is 1. The summed E-state index contributed by atoms with van der Waals surface area (Å²) in [4.78, 5) is 25.7. The van der Waals surface area contributed by atoms with Gasteiger partial charge in [-0.2, -0.15) is 0 Å². The van der Waals surface area contributed by atoms with E-state index in [0.29, 0.717) is 18.5 Å². The molecule has 1 saturated carbocycles. The topological polar surface area (TPSA) is 60.9 Å². The number of nitrogens with zero attached hydrogens (tertiary/aromatic N) is 6. The van der Waals surface area contributed by atoms with Gasteiger partial charge < -0.3 is 4.57 Å². The number of piperidine rings is 1. The van der Waals surface area contributed by atoms with Crippen LogP contribution in [-0.2, 0) is 13.6 Å². The number of hydrogen-bond acceptors (Lipinski definition) is 4. The van der Waals surface area contributed by atoms with Crippen molar-refractivity contribution in [1.82, 2.24) is 28.8 Å². The summed E-state index contributed by atoms with van der Waals surface area (Å²) in [5.74, 6) is 1.81. The molecule has 4 aromatic rings. The van der Waals surface area contributed by atoms with Crippen LogP contribution in [0.2, 0.25) is 0 Å². The summed E-state index contributed by atoms with van der Waals surface area (Å²) < 4.78 is 6.26. The fraction of sp³-hybridized carbons (Fsp3) is 0.483. The Morgan fingerprint density at radius 1 is 0.944 bits per heavy atom. The lowest BCUT2D eigenvalue weighted by Gasteiger charge is -2.34. The Labute approximate surface area is 212 Å². The highest BCUT2D eigenvalue weighted by atomic mass is 16.1. The molecule has 0 radical (unpaired) electrons. The van der Waals surface area contributed by atoms with Crippen LogP contribution >= 0.6 is 0 Å². The zero-order chi connectivity index (χ0) is 24.6. The Hall–Kier alpha value is -3.19. The molecular formula is C29H36N6O. The molecule has 4 heterocycles. The van der Waals surface area contributed by atoms with Gasteiger partial charge in [0, 0.05) is 50.5 Å². The average molecular weight is 485 g/mol. The van der Waals surface area contributed by atoms with Gasteiger partial charge in [0.25, 0.3) is 5.56 Å². The van der Waals surface area contributed by atoms with Crippen LogP contribution in [0.25, 0.3) is 16.9 Å². The van der Waals surface area contributed by atoms with E-state index in [1.807, 2.05) is 54.3 Å². The van der Waals surface area contributed by atoms with E-state index in [4.69, 9.17) is 9.97 Å². The maximum absolute atomic E-state index is 13.4. The molecule has 1 saturated heterocycles. The summed E-state index contributed by atoms with van der Waals surface area (Å²) >= 11 is 0. The lowest BCUT2D eigenvalue weighted by Crippen LogP contribution is -2.36. The zero-order valence-electron chi connectivity index (χ0n) is 21.4. The normalized spacial score (nSPS) is 18.3. The molecule has 0 spiro atoms. The summed E-state index contributed by atoms with van der Waals surface area (Å²) in [7, 11) is 1.98. The number of aromatic nitrogens is 5. The van der Waals surface area contributed by atoms with Crippen LogP contribution in [0.4, 0.5) is 0 Å². The molecule has 1 aliphatic carbocycles. The third-order valence-electron chi connectivity index (χ3n) is 8.42. The monoisotopic (exact) mass is 484 g/mol. The number of fused-ring (bicyclic) bond motifs is 1. The minimum Gasteiger partial charge on any atom is -0.309 e. The standard InChI is InChI=1S/C29H36N6O/c1-21-25(29(36)35(32(21)2)24-12-7-4-8-13-24)20-33-18-15-23(16-19-33)34-27(22-10-5-3-6-11-22)31-26-14-9-17-30-28(26)34/h4,7-9,12-14,17,22-23H,3,5-6,10-11,15-16,18-20H2,1-2H3. The molecule has 2 aliphatic rings.